The number of fused-ring (bicyclic) bond motifs is 2. The molecule has 0 saturated carbocycles. The maximum Gasteiger partial charge on any atom is 0.209 e. The van der Waals surface area contributed by atoms with Crippen LogP contribution >= 0.6 is 24.1 Å². The molecule has 0 aliphatic carbocycles. The van der Waals surface area contributed by atoms with Crippen LogP contribution in [0.1, 0.15) is 52.7 Å². The molecule has 0 radical (unpaired) electrons. The highest BCUT2D eigenvalue weighted by Gasteiger charge is 2.44. The Hall–Kier alpha value is -1.99. The number of hydrogen-bond donors (Lipinski definition) is 2. The summed E-state index contributed by atoms with van der Waals surface area (Å²) < 4.78 is 21.5. The average molecular weight is 482 g/mol. The Morgan fingerprint density at radius 1 is 0.909 bits per heavy atom. The summed E-state index contributed by atoms with van der Waals surface area (Å²) in [4.78, 5) is 4.11. The molecule has 0 spiro atoms. The Bertz CT molecular complexity index is 1180. The van der Waals surface area contributed by atoms with Crippen LogP contribution in [-0.2, 0) is 10.8 Å². The molecule has 2 aromatic carbocycles. The van der Waals surface area contributed by atoms with Crippen LogP contribution in [0.5, 0.6) is 0 Å². The number of nitrogens with zero attached hydrogens (tertiary/aromatic N) is 2. The van der Waals surface area contributed by atoms with Crippen molar-refractivity contribution in [1.82, 2.24) is 0 Å². The van der Waals surface area contributed by atoms with E-state index >= 15 is 0 Å². The smallest absolute Gasteiger partial charge is 0.209 e. The van der Waals surface area contributed by atoms with Gasteiger partial charge in [0.1, 0.15) is 6.54 Å². The van der Waals surface area contributed by atoms with Crippen LogP contribution in [0.25, 0.3) is 0 Å². The van der Waals surface area contributed by atoms with E-state index in [1.165, 1.54) is 33.9 Å². The van der Waals surface area contributed by atoms with E-state index in [0.717, 1.165) is 47.0 Å². The number of anilines is 1. The molecule has 0 atom stereocenters. The largest absolute Gasteiger partial charge is 0.344 e. The van der Waals surface area contributed by atoms with Crippen molar-refractivity contribution < 1.29 is 13.7 Å². The first-order chi connectivity index (χ1) is 15.7. The lowest BCUT2D eigenvalue weighted by Crippen LogP contribution is -2.28. The highest BCUT2D eigenvalue weighted by Crippen LogP contribution is 2.48. The quantitative estimate of drug-likeness (QED) is 0.331. The molecule has 0 bridgehead atoms. The van der Waals surface area contributed by atoms with Crippen molar-refractivity contribution in [3.8, 4) is 0 Å². The Morgan fingerprint density at radius 2 is 1.55 bits per heavy atom. The van der Waals surface area contributed by atoms with E-state index in [1.807, 2.05) is 12.1 Å². The van der Waals surface area contributed by atoms with Crippen molar-refractivity contribution in [2.24, 2.45) is 0 Å². The number of benzene rings is 2. The summed E-state index contributed by atoms with van der Waals surface area (Å²) >= 11 is 1.60. The van der Waals surface area contributed by atoms with E-state index in [-0.39, 0.29) is 10.8 Å². The molecule has 2 aliphatic heterocycles. The molecule has 0 saturated heterocycles. The maximum atomic E-state index is 9.55. The number of allylic oxidation sites excluding steroid dienone is 4. The maximum absolute atomic E-state index is 9.55. The van der Waals surface area contributed by atoms with Gasteiger partial charge in [-0.3, -0.25) is 0 Å². The number of likely N-dealkylation sites (N-methyl/N-ethyl adjacent to an activating group) is 1. The second-order valence-corrected chi connectivity index (χ2v) is 10.9. The molecule has 6 heteroatoms. The summed E-state index contributed by atoms with van der Waals surface area (Å²) in [5.41, 5.74) is 7.12. The summed E-state index contributed by atoms with van der Waals surface area (Å²) in [5.74, 6) is 0. The average Bonchev–Trinajstić information content (AvgIpc) is 3.16. The van der Waals surface area contributed by atoms with Gasteiger partial charge in [-0.05, 0) is 69.7 Å². The van der Waals surface area contributed by atoms with Gasteiger partial charge in [-0.1, -0.05) is 19.9 Å². The van der Waals surface area contributed by atoms with Crippen molar-refractivity contribution >= 4 is 41.2 Å². The third kappa shape index (κ3) is 3.87. The van der Waals surface area contributed by atoms with Crippen molar-refractivity contribution in [3.63, 3.8) is 0 Å². The molecule has 174 valence electrons. The molecule has 4 rings (SSSR count). The number of hydrogen-bond acceptors (Lipinski definition) is 5. The molecule has 2 N–H and O–H groups in total. The third-order valence-electron chi connectivity index (χ3n) is 7.08. The lowest BCUT2D eigenvalue weighted by atomic mass is 9.81. The monoisotopic (exact) mass is 481 g/mol. The van der Waals surface area contributed by atoms with E-state index < -0.39 is 0 Å². The minimum atomic E-state index is -0.155. The molecule has 2 aliphatic rings. The molecule has 0 aromatic heterocycles. The van der Waals surface area contributed by atoms with Crippen LogP contribution in [0, 0.1) is 0 Å². The predicted octanol–water partition coefficient (Wildman–Crippen LogP) is 7.47. The fraction of sp³-hybridized carbons (Fsp3) is 0.370. The van der Waals surface area contributed by atoms with Crippen molar-refractivity contribution in [1.29, 1.82) is 0 Å². The minimum Gasteiger partial charge on any atom is -0.344 e. The first-order valence-corrected chi connectivity index (χ1v) is 13.0. The first-order valence-electron chi connectivity index (χ1n) is 11.4. The number of rotatable bonds is 6. The molecular weight excluding hydrogens is 448 g/mol. The molecule has 2 heterocycles. The Kier molecular flexibility index (Phi) is 6.58. The Labute approximate surface area is 206 Å². The molecule has 0 amide bonds. The van der Waals surface area contributed by atoms with E-state index in [4.69, 9.17) is 0 Å². The van der Waals surface area contributed by atoms with Crippen LogP contribution in [0.3, 0.4) is 0 Å². The van der Waals surface area contributed by atoms with Gasteiger partial charge in [-0.15, -0.1) is 0 Å². The minimum absolute atomic E-state index is 0.155. The van der Waals surface area contributed by atoms with Crippen LogP contribution in [-0.4, -0.2) is 32.5 Å². The summed E-state index contributed by atoms with van der Waals surface area (Å²) in [6.07, 6.45) is 6.66. The fourth-order valence-corrected chi connectivity index (χ4v) is 5.93. The predicted molar refractivity (Wildman–Crippen MR) is 142 cm³/mol. The summed E-state index contributed by atoms with van der Waals surface area (Å²) in [5, 5.41) is 0. The van der Waals surface area contributed by atoms with Gasteiger partial charge in [0, 0.05) is 74.9 Å². The third-order valence-corrected chi connectivity index (χ3v) is 8.01. The van der Waals surface area contributed by atoms with Crippen molar-refractivity contribution in [2.75, 3.05) is 18.0 Å². The lowest BCUT2D eigenvalue weighted by molar-refractivity contribution is -0.433. The van der Waals surface area contributed by atoms with E-state index in [9.17, 15) is 9.11 Å². The van der Waals surface area contributed by atoms with Gasteiger partial charge in [0.2, 0.25) is 5.69 Å². The molecular formula is C27H33N2O2S2+. The normalized spacial score (nSPS) is 19.6. The Balaban J connectivity index is 1.74. The highest BCUT2D eigenvalue weighted by atomic mass is 32.2. The lowest BCUT2D eigenvalue weighted by Gasteiger charge is -2.25. The van der Waals surface area contributed by atoms with Gasteiger partial charge in [0.05, 0.1) is 5.41 Å². The fourth-order valence-electron chi connectivity index (χ4n) is 5.33. The van der Waals surface area contributed by atoms with Gasteiger partial charge in [-0.25, -0.2) is 0 Å². The van der Waals surface area contributed by atoms with Gasteiger partial charge < -0.3 is 14.0 Å². The molecule has 33 heavy (non-hydrogen) atoms. The van der Waals surface area contributed by atoms with Gasteiger partial charge in [-0.2, -0.15) is 4.58 Å². The molecule has 2 aromatic rings. The zero-order valence-corrected chi connectivity index (χ0v) is 21.8. The summed E-state index contributed by atoms with van der Waals surface area (Å²) in [6.45, 7) is 15.1. The molecule has 0 unspecified atom stereocenters. The van der Waals surface area contributed by atoms with Crippen LogP contribution < -0.4 is 4.90 Å². The zero-order chi connectivity index (χ0) is 24.0. The molecule has 4 nitrogen and oxygen atoms in total. The summed E-state index contributed by atoms with van der Waals surface area (Å²) in [7, 11) is 0. The van der Waals surface area contributed by atoms with Gasteiger partial charge >= 0.3 is 0 Å². The summed E-state index contributed by atoms with van der Waals surface area (Å²) in [6, 6.07) is 12.4. The second kappa shape index (κ2) is 8.99. The van der Waals surface area contributed by atoms with Crippen LogP contribution in [0.15, 0.2) is 70.1 Å². The topological polar surface area (TPSA) is 46.7 Å². The van der Waals surface area contributed by atoms with E-state index in [2.05, 4.69) is 93.5 Å². The van der Waals surface area contributed by atoms with Crippen molar-refractivity contribution in [3.05, 3.63) is 71.5 Å². The van der Waals surface area contributed by atoms with Crippen LogP contribution in [0.4, 0.5) is 11.4 Å². The first kappa shape index (κ1) is 24.1. The van der Waals surface area contributed by atoms with Gasteiger partial charge in [0.15, 0.2) is 5.71 Å². The zero-order valence-electron chi connectivity index (χ0n) is 20.2. The van der Waals surface area contributed by atoms with E-state index in [1.54, 1.807) is 0 Å². The van der Waals surface area contributed by atoms with Gasteiger partial charge in [0.25, 0.3) is 0 Å². The van der Waals surface area contributed by atoms with E-state index in [0.29, 0.717) is 0 Å². The second-order valence-electron chi connectivity index (χ2n) is 9.58. The highest BCUT2D eigenvalue weighted by molar-refractivity contribution is 7.94. The Morgan fingerprint density at radius 3 is 2.15 bits per heavy atom. The van der Waals surface area contributed by atoms with Crippen LogP contribution in [0.2, 0.25) is 0 Å². The standard InChI is InChI=1S/C27H32N2O2S2/c1-7-28-22-14-12-18(32-30)16-20(22)26(3,4)24(28)10-9-11-25-27(5,6)21-17-19(33-31)13-15-23(21)29(25)8-2/h9-17H,7-8H2,1-6H3,(H-,30,31)/p+1. The van der Waals surface area contributed by atoms with Crippen molar-refractivity contribution in [2.45, 2.75) is 62.2 Å². The molecule has 0 fully saturated rings. The SMILES string of the molecule is CCN1/C(=C/C=C/C2=[N+](CC)c3ccc(SO)cc3C2(C)C)C(C)(C)c2cc(SO)ccc21.